The summed E-state index contributed by atoms with van der Waals surface area (Å²) in [5.41, 5.74) is 1.70. The van der Waals surface area contributed by atoms with E-state index in [1.807, 2.05) is 26.0 Å². The van der Waals surface area contributed by atoms with Crippen LogP contribution in [0.15, 0.2) is 36.4 Å². The molecule has 3 rings (SSSR count). The van der Waals surface area contributed by atoms with Gasteiger partial charge in [0.2, 0.25) is 5.91 Å². The number of fused-ring (bicyclic) bond motifs is 1. The Hall–Kier alpha value is -2.76. The number of anilines is 1. The number of amides is 1. The van der Waals surface area contributed by atoms with E-state index in [0.29, 0.717) is 36.8 Å². The second kappa shape index (κ2) is 8.75. The van der Waals surface area contributed by atoms with Crippen molar-refractivity contribution < 1.29 is 23.4 Å². The van der Waals surface area contributed by atoms with E-state index in [2.05, 4.69) is 5.32 Å². The number of hydrogen-bond acceptors (Lipinski definition) is 4. The molecule has 1 unspecified atom stereocenters. The van der Waals surface area contributed by atoms with Crippen molar-refractivity contribution in [2.45, 2.75) is 39.2 Å². The zero-order valence-corrected chi connectivity index (χ0v) is 15.6. The third-order valence-corrected chi connectivity index (χ3v) is 4.19. The van der Waals surface area contributed by atoms with E-state index in [1.54, 1.807) is 12.1 Å². The first-order valence-electron chi connectivity index (χ1n) is 9.19. The molecule has 0 saturated heterocycles. The number of rotatable bonds is 8. The highest BCUT2D eigenvalue weighted by molar-refractivity contribution is 5.92. The van der Waals surface area contributed by atoms with Gasteiger partial charge in [-0.25, -0.2) is 4.39 Å². The summed E-state index contributed by atoms with van der Waals surface area (Å²) in [6.45, 7) is 4.76. The van der Waals surface area contributed by atoms with Crippen molar-refractivity contribution in [3.8, 4) is 17.2 Å². The van der Waals surface area contributed by atoms with Crippen molar-refractivity contribution in [3.63, 3.8) is 0 Å². The molecule has 0 spiro atoms. The molecule has 1 amide bonds. The first-order chi connectivity index (χ1) is 13.0. The maximum Gasteiger partial charge on any atom is 0.224 e. The molecular weight excluding hydrogens is 349 g/mol. The number of ether oxygens (including phenoxy) is 3. The van der Waals surface area contributed by atoms with Crippen LogP contribution in [0.2, 0.25) is 0 Å². The third kappa shape index (κ3) is 5.12. The average Bonchev–Trinajstić information content (AvgIpc) is 2.98. The van der Waals surface area contributed by atoms with Crippen molar-refractivity contribution in [1.29, 1.82) is 0 Å². The van der Waals surface area contributed by atoms with Gasteiger partial charge in [0.15, 0.2) is 0 Å². The molecule has 5 nitrogen and oxygen atoms in total. The Kier molecular flexibility index (Phi) is 6.16. The summed E-state index contributed by atoms with van der Waals surface area (Å²) in [6, 6.07) is 9.71. The van der Waals surface area contributed by atoms with Gasteiger partial charge in [-0.3, -0.25) is 4.79 Å². The van der Waals surface area contributed by atoms with Gasteiger partial charge in [0, 0.05) is 30.5 Å². The molecule has 144 valence electrons. The predicted molar refractivity (Wildman–Crippen MR) is 101 cm³/mol. The number of nitrogens with one attached hydrogen (secondary N) is 1. The van der Waals surface area contributed by atoms with Gasteiger partial charge in [0.25, 0.3) is 0 Å². The van der Waals surface area contributed by atoms with Gasteiger partial charge >= 0.3 is 0 Å². The lowest BCUT2D eigenvalue weighted by molar-refractivity contribution is -0.116. The molecule has 2 aromatic carbocycles. The number of carbonyl (C=O) groups excluding carboxylic acids is 1. The Balaban J connectivity index is 1.53. The molecule has 1 aliphatic rings. The lowest BCUT2D eigenvalue weighted by atomic mass is 10.1. The highest BCUT2D eigenvalue weighted by Crippen LogP contribution is 2.38. The van der Waals surface area contributed by atoms with E-state index >= 15 is 0 Å². The van der Waals surface area contributed by atoms with E-state index in [-0.39, 0.29) is 24.2 Å². The largest absolute Gasteiger partial charge is 0.493 e. The zero-order chi connectivity index (χ0) is 19.2. The Morgan fingerprint density at radius 2 is 2.15 bits per heavy atom. The smallest absolute Gasteiger partial charge is 0.224 e. The number of halogens is 1. The average molecular weight is 373 g/mol. The van der Waals surface area contributed by atoms with E-state index in [1.165, 1.54) is 12.1 Å². The van der Waals surface area contributed by atoms with Gasteiger partial charge in [0.1, 0.15) is 29.2 Å². The van der Waals surface area contributed by atoms with Crippen molar-refractivity contribution in [2.75, 3.05) is 18.5 Å². The molecule has 2 aromatic rings. The van der Waals surface area contributed by atoms with Crippen LogP contribution in [0.3, 0.4) is 0 Å². The Labute approximate surface area is 158 Å². The van der Waals surface area contributed by atoms with Crippen molar-refractivity contribution in [3.05, 3.63) is 47.8 Å². The molecule has 0 saturated carbocycles. The molecule has 1 N–H and O–H groups in total. The predicted octanol–water partition coefficient (Wildman–Crippen LogP) is 4.35. The van der Waals surface area contributed by atoms with Crippen LogP contribution in [-0.4, -0.2) is 25.2 Å². The highest BCUT2D eigenvalue weighted by atomic mass is 19.1. The highest BCUT2D eigenvalue weighted by Gasteiger charge is 2.22. The molecule has 0 fully saturated rings. The van der Waals surface area contributed by atoms with Gasteiger partial charge in [-0.2, -0.15) is 0 Å². The van der Waals surface area contributed by atoms with Crippen molar-refractivity contribution in [1.82, 2.24) is 0 Å². The minimum absolute atomic E-state index is 0.125. The summed E-state index contributed by atoms with van der Waals surface area (Å²) in [7, 11) is 0. The molecule has 0 bridgehead atoms. The molecule has 0 radical (unpaired) electrons. The number of benzene rings is 2. The van der Waals surface area contributed by atoms with Gasteiger partial charge in [-0.05, 0) is 38.5 Å². The molecule has 0 aliphatic carbocycles. The second-order valence-electron chi connectivity index (χ2n) is 6.48. The molecular formula is C21H24FNO4. The van der Waals surface area contributed by atoms with Crippen LogP contribution in [0.4, 0.5) is 10.1 Å². The fraction of sp³-hybridized carbons (Fsp3) is 0.381. The van der Waals surface area contributed by atoms with Crippen LogP contribution in [0.25, 0.3) is 0 Å². The lowest BCUT2D eigenvalue weighted by Crippen LogP contribution is -2.14. The summed E-state index contributed by atoms with van der Waals surface area (Å²) in [5.74, 6) is 1.42. The maximum atomic E-state index is 13.1. The summed E-state index contributed by atoms with van der Waals surface area (Å²) in [6.07, 6.45) is 1.77. The SMILES string of the molecule is CCOc1cc2c(cc1NC(=O)CCCOc1cccc(F)c1)OC(C)C2. The first-order valence-corrected chi connectivity index (χ1v) is 9.19. The van der Waals surface area contributed by atoms with Gasteiger partial charge in [-0.1, -0.05) is 6.07 Å². The van der Waals surface area contributed by atoms with Crippen molar-refractivity contribution in [2.24, 2.45) is 0 Å². The van der Waals surface area contributed by atoms with E-state index in [4.69, 9.17) is 14.2 Å². The Morgan fingerprint density at radius 1 is 1.30 bits per heavy atom. The van der Waals surface area contributed by atoms with Crippen LogP contribution in [0.5, 0.6) is 17.2 Å². The molecule has 6 heteroatoms. The van der Waals surface area contributed by atoms with E-state index < -0.39 is 0 Å². The standard InChI is InChI=1S/C21H24FNO4/c1-3-25-20-11-15-10-14(2)27-19(15)13-18(20)23-21(24)8-5-9-26-17-7-4-6-16(22)12-17/h4,6-7,11-14H,3,5,8-10H2,1-2H3,(H,23,24). The van der Waals surface area contributed by atoms with Gasteiger partial charge in [-0.15, -0.1) is 0 Å². The van der Waals surface area contributed by atoms with Crippen LogP contribution in [-0.2, 0) is 11.2 Å². The topological polar surface area (TPSA) is 56.8 Å². The Morgan fingerprint density at radius 3 is 2.93 bits per heavy atom. The monoisotopic (exact) mass is 373 g/mol. The Bertz CT molecular complexity index is 809. The maximum absolute atomic E-state index is 13.1. The summed E-state index contributed by atoms with van der Waals surface area (Å²) in [5, 5.41) is 2.89. The van der Waals surface area contributed by atoms with Crippen molar-refractivity contribution >= 4 is 11.6 Å². The molecule has 1 aliphatic heterocycles. The molecule has 1 heterocycles. The fourth-order valence-corrected chi connectivity index (χ4v) is 3.00. The number of carbonyl (C=O) groups is 1. The minimum atomic E-state index is -0.346. The van der Waals surface area contributed by atoms with Crippen LogP contribution in [0.1, 0.15) is 32.3 Å². The van der Waals surface area contributed by atoms with Crippen LogP contribution < -0.4 is 19.5 Å². The summed E-state index contributed by atoms with van der Waals surface area (Å²) >= 11 is 0. The number of hydrogen-bond donors (Lipinski definition) is 1. The van der Waals surface area contributed by atoms with Crippen LogP contribution in [0, 0.1) is 5.82 Å². The normalized spacial score (nSPS) is 15.0. The molecule has 27 heavy (non-hydrogen) atoms. The zero-order valence-electron chi connectivity index (χ0n) is 15.6. The first kappa shape index (κ1) is 19.0. The summed E-state index contributed by atoms with van der Waals surface area (Å²) in [4.78, 5) is 12.3. The van der Waals surface area contributed by atoms with E-state index in [0.717, 1.165) is 17.7 Å². The molecule has 1 atom stereocenters. The second-order valence-corrected chi connectivity index (χ2v) is 6.48. The third-order valence-electron chi connectivity index (χ3n) is 4.19. The van der Waals surface area contributed by atoms with Gasteiger partial charge in [0.05, 0.1) is 18.9 Å². The van der Waals surface area contributed by atoms with E-state index in [9.17, 15) is 9.18 Å². The lowest BCUT2D eigenvalue weighted by Gasteiger charge is -2.13. The fourth-order valence-electron chi connectivity index (χ4n) is 3.00. The summed E-state index contributed by atoms with van der Waals surface area (Å²) < 4.78 is 30.0. The minimum Gasteiger partial charge on any atom is -0.493 e. The van der Waals surface area contributed by atoms with Crippen LogP contribution >= 0.6 is 0 Å². The quantitative estimate of drug-likeness (QED) is 0.699. The molecule has 0 aromatic heterocycles. The van der Waals surface area contributed by atoms with Gasteiger partial charge < -0.3 is 19.5 Å².